The van der Waals surface area contributed by atoms with E-state index in [1.807, 2.05) is 13.8 Å². The predicted molar refractivity (Wildman–Crippen MR) is 71.1 cm³/mol. The Bertz CT molecular complexity index is 545. The first-order chi connectivity index (χ1) is 8.81. The monoisotopic (exact) mass is 328 g/mol. The van der Waals surface area contributed by atoms with Gasteiger partial charge in [-0.1, -0.05) is 15.9 Å². The van der Waals surface area contributed by atoms with Gasteiger partial charge in [0.1, 0.15) is 0 Å². The van der Waals surface area contributed by atoms with Gasteiger partial charge in [-0.15, -0.1) is 0 Å². The van der Waals surface area contributed by atoms with E-state index < -0.39 is 10.3 Å². The van der Waals surface area contributed by atoms with Crippen LogP contribution in [0, 0.1) is 15.5 Å². The zero-order valence-corrected chi connectivity index (χ0v) is 12.1. The van der Waals surface area contributed by atoms with Crippen molar-refractivity contribution in [3.63, 3.8) is 0 Å². The molecule has 1 aliphatic rings. The quantitative estimate of drug-likeness (QED) is 0.631. The Morgan fingerprint density at radius 1 is 1.53 bits per heavy atom. The lowest BCUT2D eigenvalue weighted by Crippen LogP contribution is -2.30. The van der Waals surface area contributed by atoms with Crippen molar-refractivity contribution in [1.29, 1.82) is 0 Å². The summed E-state index contributed by atoms with van der Waals surface area (Å²) >= 11 is 3.27. The first kappa shape index (κ1) is 14.0. The molecule has 6 nitrogen and oxygen atoms in total. The van der Waals surface area contributed by atoms with E-state index in [1.165, 1.54) is 17.2 Å². The van der Waals surface area contributed by atoms with E-state index in [0.717, 1.165) is 5.56 Å². The third-order valence-corrected chi connectivity index (χ3v) is 3.69. The van der Waals surface area contributed by atoms with Crippen LogP contribution < -0.4 is 0 Å². The van der Waals surface area contributed by atoms with Crippen molar-refractivity contribution >= 4 is 27.5 Å². The molecule has 0 spiro atoms. The third kappa shape index (κ3) is 2.76. The summed E-state index contributed by atoms with van der Waals surface area (Å²) in [5, 5.41) is 11.9. The number of nitro benzene ring substituents is 1. The molecule has 1 aliphatic heterocycles. The molecule has 0 radical (unpaired) electrons. The van der Waals surface area contributed by atoms with Crippen molar-refractivity contribution in [2.24, 2.45) is 5.41 Å². The van der Waals surface area contributed by atoms with Gasteiger partial charge in [0.25, 0.3) is 11.6 Å². The van der Waals surface area contributed by atoms with E-state index in [-0.39, 0.29) is 18.1 Å². The van der Waals surface area contributed by atoms with Crippen LogP contribution in [0.3, 0.4) is 0 Å². The summed E-state index contributed by atoms with van der Waals surface area (Å²) in [5.41, 5.74) is 0.244. The number of rotatable bonds is 3. The average Bonchev–Trinajstić information content (AvgIpc) is 2.58. The number of hydrogen-bond acceptors (Lipinski definition) is 4. The van der Waals surface area contributed by atoms with Crippen molar-refractivity contribution in [3.05, 3.63) is 38.3 Å². The number of carbonyl (C=O) groups is 1. The van der Waals surface area contributed by atoms with Gasteiger partial charge in [-0.2, -0.15) is 0 Å². The van der Waals surface area contributed by atoms with Gasteiger partial charge in [0.05, 0.1) is 23.5 Å². The minimum atomic E-state index is -0.521. The first-order valence-electron chi connectivity index (χ1n) is 5.69. The molecule has 1 amide bonds. The molecule has 0 aliphatic carbocycles. The highest BCUT2D eigenvalue weighted by molar-refractivity contribution is 9.10. The number of halogens is 1. The van der Waals surface area contributed by atoms with Crippen molar-refractivity contribution in [3.8, 4) is 0 Å². The highest BCUT2D eigenvalue weighted by Gasteiger charge is 2.40. The normalized spacial score (nSPS) is 17.8. The lowest BCUT2D eigenvalue weighted by atomic mass is 9.95. The molecule has 2 rings (SSSR count). The van der Waals surface area contributed by atoms with E-state index in [0.29, 0.717) is 11.1 Å². The minimum Gasteiger partial charge on any atom is -0.272 e. The second-order valence-corrected chi connectivity index (χ2v) is 5.89. The summed E-state index contributed by atoms with van der Waals surface area (Å²) in [5.74, 6) is -0.0854. The summed E-state index contributed by atoms with van der Waals surface area (Å²) in [4.78, 5) is 27.5. The average molecular weight is 329 g/mol. The van der Waals surface area contributed by atoms with Crippen LogP contribution in [-0.4, -0.2) is 22.5 Å². The molecule has 1 saturated heterocycles. The van der Waals surface area contributed by atoms with E-state index in [4.69, 9.17) is 4.84 Å². The molecule has 7 heteroatoms. The largest absolute Gasteiger partial charge is 0.272 e. The Hall–Kier alpha value is -1.47. The molecule has 0 saturated carbocycles. The number of carbonyl (C=O) groups excluding carboxylic acids is 1. The summed E-state index contributed by atoms with van der Waals surface area (Å²) in [6.07, 6.45) is 0. The van der Waals surface area contributed by atoms with Crippen molar-refractivity contribution in [2.75, 3.05) is 6.61 Å². The Balaban J connectivity index is 2.17. The molecule has 0 atom stereocenters. The van der Waals surface area contributed by atoms with Crippen LogP contribution in [0.1, 0.15) is 19.4 Å². The van der Waals surface area contributed by atoms with Gasteiger partial charge in [-0.25, -0.2) is 5.06 Å². The van der Waals surface area contributed by atoms with E-state index in [2.05, 4.69) is 15.9 Å². The third-order valence-electron chi connectivity index (χ3n) is 2.95. The second kappa shape index (κ2) is 4.90. The van der Waals surface area contributed by atoms with Crippen LogP contribution in [0.25, 0.3) is 0 Å². The van der Waals surface area contributed by atoms with E-state index >= 15 is 0 Å². The molecule has 1 aromatic carbocycles. The van der Waals surface area contributed by atoms with Crippen molar-refractivity contribution in [1.82, 2.24) is 5.06 Å². The molecular formula is C12H13BrN2O4. The smallest absolute Gasteiger partial charge is 0.270 e. The Morgan fingerprint density at radius 3 is 2.68 bits per heavy atom. The number of hydrogen-bond donors (Lipinski definition) is 0. The van der Waals surface area contributed by atoms with Gasteiger partial charge in [0.15, 0.2) is 0 Å². The van der Waals surface area contributed by atoms with Crippen LogP contribution in [0.15, 0.2) is 22.7 Å². The highest BCUT2D eigenvalue weighted by atomic mass is 79.9. The second-order valence-electron chi connectivity index (χ2n) is 5.03. The topological polar surface area (TPSA) is 72.7 Å². The Labute approximate surface area is 118 Å². The van der Waals surface area contributed by atoms with Crippen molar-refractivity contribution < 1.29 is 14.6 Å². The highest BCUT2D eigenvalue weighted by Crippen LogP contribution is 2.30. The van der Waals surface area contributed by atoms with Gasteiger partial charge in [-0.3, -0.25) is 19.7 Å². The van der Waals surface area contributed by atoms with E-state index in [9.17, 15) is 14.9 Å². The molecule has 0 aromatic heterocycles. The molecule has 102 valence electrons. The van der Waals surface area contributed by atoms with Crippen molar-refractivity contribution in [2.45, 2.75) is 20.4 Å². The zero-order valence-electron chi connectivity index (χ0n) is 10.6. The molecule has 1 fully saturated rings. The van der Waals surface area contributed by atoms with Crippen LogP contribution in [0.4, 0.5) is 5.69 Å². The van der Waals surface area contributed by atoms with Gasteiger partial charge in [-0.05, 0) is 25.5 Å². The number of non-ortho nitro benzene ring substituents is 1. The number of hydroxylamine groups is 2. The predicted octanol–water partition coefficient (Wildman–Crippen LogP) is 2.66. The number of nitro groups is 1. The maximum atomic E-state index is 12.0. The van der Waals surface area contributed by atoms with Crippen LogP contribution in [0.2, 0.25) is 0 Å². The summed E-state index contributed by atoms with van der Waals surface area (Å²) < 4.78 is 0.586. The maximum absolute atomic E-state index is 12.0. The molecule has 0 bridgehead atoms. The minimum absolute atomic E-state index is 0.00428. The number of nitrogens with zero attached hydrogens (tertiary/aromatic N) is 2. The molecule has 0 unspecified atom stereocenters. The standard InChI is InChI=1S/C12H13BrN2O4/c1-12(2)7-19-14(11(12)16)6-8-3-4-9(15(17)18)5-10(8)13/h3-5H,6-7H2,1-2H3. The lowest BCUT2D eigenvalue weighted by molar-refractivity contribution is -0.384. The van der Waals surface area contributed by atoms with Gasteiger partial charge >= 0.3 is 0 Å². The Morgan fingerprint density at radius 2 is 2.21 bits per heavy atom. The van der Waals surface area contributed by atoms with Crippen LogP contribution >= 0.6 is 15.9 Å². The van der Waals surface area contributed by atoms with Crippen LogP contribution in [-0.2, 0) is 16.2 Å². The fraction of sp³-hybridized carbons (Fsp3) is 0.417. The summed E-state index contributed by atoms with van der Waals surface area (Å²) in [7, 11) is 0. The SMILES string of the molecule is CC1(C)CON(Cc2ccc([N+](=O)[O-])cc2Br)C1=O. The van der Waals surface area contributed by atoms with Crippen LogP contribution in [0.5, 0.6) is 0 Å². The zero-order chi connectivity index (χ0) is 14.2. The molecule has 1 aromatic rings. The molecule has 19 heavy (non-hydrogen) atoms. The summed E-state index contributed by atoms with van der Waals surface area (Å²) in [6, 6.07) is 4.44. The molecule has 1 heterocycles. The van der Waals surface area contributed by atoms with E-state index in [1.54, 1.807) is 6.07 Å². The molecular weight excluding hydrogens is 316 g/mol. The first-order valence-corrected chi connectivity index (χ1v) is 6.48. The molecule has 0 N–H and O–H groups in total. The van der Waals surface area contributed by atoms with Gasteiger partial charge in [0, 0.05) is 16.6 Å². The maximum Gasteiger partial charge on any atom is 0.270 e. The fourth-order valence-corrected chi connectivity index (χ4v) is 2.24. The number of amides is 1. The number of benzene rings is 1. The summed E-state index contributed by atoms with van der Waals surface area (Å²) in [6.45, 7) is 4.25. The Kier molecular flexibility index (Phi) is 3.60. The van der Waals surface area contributed by atoms with Gasteiger partial charge in [0.2, 0.25) is 0 Å². The fourth-order valence-electron chi connectivity index (χ4n) is 1.75. The van der Waals surface area contributed by atoms with Gasteiger partial charge < -0.3 is 0 Å². The lowest BCUT2D eigenvalue weighted by Gasteiger charge is -2.17.